The predicted octanol–water partition coefficient (Wildman–Crippen LogP) is 1.81. The first-order chi connectivity index (χ1) is 12.6. The predicted molar refractivity (Wildman–Crippen MR) is 101 cm³/mol. The molecule has 8 heteroatoms. The van der Waals surface area contributed by atoms with E-state index in [1.165, 1.54) is 12.8 Å². The topological polar surface area (TPSA) is 103 Å². The Morgan fingerprint density at radius 1 is 1.38 bits per heavy atom. The number of likely N-dealkylation sites (tertiary alicyclic amines) is 1. The molecule has 1 aliphatic carbocycles. The zero-order valence-electron chi connectivity index (χ0n) is 14.6. The number of nitrogens with one attached hydrogen (secondary N) is 1. The molecular weight excluding hydrogens is 352 g/mol. The van der Waals surface area contributed by atoms with Crippen LogP contribution in [0.25, 0.3) is 0 Å². The van der Waals surface area contributed by atoms with E-state index < -0.39 is 11.5 Å². The molecule has 2 unspecified atom stereocenters. The van der Waals surface area contributed by atoms with Crippen molar-refractivity contribution >= 4 is 29.0 Å². The molecule has 0 radical (unpaired) electrons. The Kier molecular flexibility index (Phi) is 4.95. The average Bonchev–Trinajstić information content (AvgIpc) is 3.43. The molecule has 1 aromatic carbocycles. The number of piperidine rings is 1. The Hall–Kier alpha value is -1.93. The number of nitrogens with two attached hydrogens (primary N) is 1. The number of anilines is 1. The largest absolute Gasteiger partial charge is 0.566 e. The van der Waals surface area contributed by atoms with Gasteiger partial charge in [-0.2, -0.15) is 4.72 Å². The summed E-state index contributed by atoms with van der Waals surface area (Å²) in [4.78, 5) is 14.3. The fourth-order valence-electron chi connectivity index (χ4n) is 3.59. The number of carbonyl (C=O) groups excluding carboxylic acids is 1. The molecule has 0 bridgehead atoms. The minimum Gasteiger partial charge on any atom is -0.566 e. The van der Waals surface area contributed by atoms with Gasteiger partial charge in [-0.05, 0) is 48.1 Å². The summed E-state index contributed by atoms with van der Waals surface area (Å²) in [5.41, 5.74) is 7.27. The van der Waals surface area contributed by atoms with Gasteiger partial charge in [0.15, 0.2) is 5.84 Å². The van der Waals surface area contributed by atoms with Crippen LogP contribution in [0.5, 0.6) is 5.75 Å². The van der Waals surface area contributed by atoms with Gasteiger partial charge >= 0.3 is 0 Å². The summed E-state index contributed by atoms with van der Waals surface area (Å²) < 4.78 is 24.3. The lowest BCUT2D eigenvalue weighted by molar-refractivity contribution is -0.133. The maximum atomic E-state index is 12.3. The number of benzene rings is 1. The molecule has 4 rings (SSSR count). The van der Waals surface area contributed by atoms with Crippen molar-refractivity contribution in [1.29, 1.82) is 0 Å². The maximum Gasteiger partial charge on any atom is 0.222 e. The molecule has 0 aromatic heterocycles. The monoisotopic (exact) mass is 376 g/mol. The summed E-state index contributed by atoms with van der Waals surface area (Å²) in [7, 11) is 0. The molecule has 1 saturated carbocycles. The maximum absolute atomic E-state index is 12.3. The first-order valence-corrected chi connectivity index (χ1v) is 10.3. The minimum absolute atomic E-state index is 0.220. The second kappa shape index (κ2) is 7.36. The second-order valence-corrected chi connectivity index (χ2v) is 8.20. The molecule has 2 heterocycles. The molecule has 3 aliphatic rings. The Morgan fingerprint density at radius 2 is 2.23 bits per heavy atom. The van der Waals surface area contributed by atoms with Crippen molar-refractivity contribution in [3.05, 3.63) is 23.8 Å². The zero-order chi connectivity index (χ0) is 18.1. The molecule has 140 valence electrons. The van der Waals surface area contributed by atoms with Crippen LogP contribution >= 0.6 is 0 Å². The van der Waals surface area contributed by atoms with Crippen molar-refractivity contribution in [2.24, 2.45) is 22.0 Å². The van der Waals surface area contributed by atoms with Gasteiger partial charge in [-0.15, -0.1) is 0 Å². The lowest BCUT2D eigenvalue weighted by Crippen LogP contribution is -2.41. The molecular formula is C18H24N4O3S. The number of fused-ring (bicyclic) bond motifs is 1. The van der Waals surface area contributed by atoms with Crippen LogP contribution in [-0.2, 0) is 16.3 Å². The number of nitrogens with zero attached hydrogens (tertiary/aromatic N) is 2. The van der Waals surface area contributed by atoms with Crippen LogP contribution in [0.15, 0.2) is 22.6 Å². The highest BCUT2D eigenvalue weighted by molar-refractivity contribution is 7.91. The highest BCUT2D eigenvalue weighted by Crippen LogP contribution is 2.34. The van der Waals surface area contributed by atoms with E-state index in [0.29, 0.717) is 41.9 Å². The van der Waals surface area contributed by atoms with E-state index >= 15 is 0 Å². The Labute approximate surface area is 156 Å². The van der Waals surface area contributed by atoms with Crippen LogP contribution in [0.4, 0.5) is 5.69 Å². The molecule has 1 aromatic rings. The summed E-state index contributed by atoms with van der Waals surface area (Å²) in [5.74, 6) is 2.08. The summed E-state index contributed by atoms with van der Waals surface area (Å²) in [6.45, 7) is 2.14. The standard InChI is InChI=1S/C18H24N4O3S/c19-18-17-14(20-26(24)21-18)4-1-5-15(17)25-11-13-3-2-8-22(10-13)16(23)9-12-6-7-12/h1,4-5,12-13,20H,2-3,6-11H2,(H2,19,21). The van der Waals surface area contributed by atoms with E-state index in [-0.39, 0.29) is 11.7 Å². The average molecular weight is 376 g/mol. The van der Waals surface area contributed by atoms with Gasteiger partial charge in [-0.25, -0.2) is 0 Å². The Balaban J connectivity index is 1.38. The molecule has 2 fully saturated rings. The summed E-state index contributed by atoms with van der Waals surface area (Å²) in [6.07, 6.45) is 5.17. The summed E-state index contributed by atoms with van der Waals surface area (Å²) >= 11 is -1.54. The first kappa shape index (κ1) is 17.5. The number of rotatable bonds is 5. The van der Waals surface area contributed by atoms with E-state index in [1.807, 2.05) is 17.0 Å². The van der Waals surface area contributed by atoms with Crippen LogP contribution in [0.1, 0.15) is 37.7 Å². The molecule has 0 spiro atoms. The van der Waals surface area contributed by atoms with Crippen molar-refractivity contribution < 1.29 is 14.1 Å². The van der Waals surface area contributed by atoms with Gasteiger partial charge in [-0.3, -0.25) is 4.79 Å². The third-order valence-corrected chi connectivity index (χ3v) is 5.92. The SMILES string of the molecule is NC1=N[S+]([O-])Nc2cccc(OCC3CCCN(C(=O)CC4CC4)C3)c21. The molecule has 1 saturated heterocycles. The molecule has 26 heavy (non-hydrogen) atoms. The first-order valence-electron chi connectivity index (χ1n) is 9.17. The van der Waals surface area contributed by atoms with Crippen molar-refractivity contribution in [1.82, 2.24) is 4.90 Å². The molecule has 2 aliphatic heterocycles. The highest BCUT2D eigenvalue weighted by Gasteiger charge is 2.30. The van der Waals surface area contributed by atoms with Crippen LogP contribution in [0, 0.1) is 11.8 Å². The van der Waals surface area contributed by atoms with Gasteiger partial charge in [0.2, 0.25) is 17.5 Å². The normalized spacial score (nSPS) is 25.1. The fraction of sp³-hybridized carbons (Fsp3) is 0.556. The lowest BCUT2D eigenvalue weighted by Gasteiger charge is -2.33. The van der Waals surface area contributed by atoms with Crippen LogP contribution in [0.2, 0.25) is 0 Å². The van der Waals surface area contributed by atoms with E-state index in [0.717, 1.165) is 25.9 Å². The second-order valence-electron chi connectivity index (χ2n) is 7.31. The smallest absolute Gasteiger partial charge is 0.222 e. The van der Waals surface area contributed by atoms with Crippen molar-refractivity contribution in [3.63, 3.8) is 0 Å². The van der Waals surface area contributed by atoms with Crippen molar-refractivity contribution in [2.75, 3.05) is 24.4 Å². The third-order valence-electron chi connectivity index (χ3n) is 5.17. The molecule has 1 amide bonds. The van der Waals surface area contributed by atoms with Crippen molar-refractivity contribution in [3.8, 4) is 5.75 Å². The van der Waals surface area contributed by atoms with Crippen molar-refractivity contribution in [2.45, 2.75) is 32.1 Å². The number of hydrogen-bond donors (Lipinski definition) is 2. The van der Waals surface area contributed by atoms with E-state index in [1.54, 1.807) is 6.07 Å². The fourth-order valence-corrected chi connectivity index (χ4v) is 4.26. The number of ether oxygens (including phenoxy) is 1. The van der Waals surface area contributed by atoms with Crippen LogP contribution in [0.3, 0.4) is 0 Å². The Bertz CT molecular complexity index is 722. The molecule has 3 N–H and O–H groups in total. The number of hydrogen-bond acceptors (Lipinski definition) is 6. The Morgan fingerprint density at radius 3 is 3.04 bits per heavy atom. The van der Waals surface area contributed by atoms with E-state index in [9.17, 15) is 9.35 Å². The summed E-state index contributed by atoms with van der Waals surface area (Å²) in [5, 5.41) is 0. The number of amidine groups is 1. The van der Waals surface area contributed by atoms with Crippen LogP contribution in [-0.4, -0.2) is 40.9 Å². The van der Waals surface area contributed by atoms with Gasteiger partial charge in [0.05, 0.1) is 17.9 Å². The quantitative estimate of drug-likeness (QED) is 0.763. The van der Waals surface area contributed by atoms with E-state index in [2.05, 4.69) is 9.12 Å². The van der Waals surface area contributed by atoms with Gasteiger partial charge in [-0.1, -0.05) is 6.07 Å². The number of amides is 1. The van der Waals surface area contributed by atoms with Gasteiger partial charge in [0.1, 0.15) is 5.75 Å². The molecule has 2 atom stereocenters. The summed E-state index contributed by atoms with van der Waals surface area (Å²) in [6, 6.07) is 5.49. The molecule has 7 nitrogen and oxygen atoms in total. The van der Waals surface area contributed by atoms with Gasteiger partial charge < -0.3 is 19.9 Å². The van der Waals surface area contributed by atoms with Gasteiger partial charge in [0.25, 0.3) is 0 Å². The minimum atomic E-state index is -1.54. The lowest BCUT2D eigenvalue weighted by atomic mass is 9.98. The van der Waals surface area contributed by atoms with Crippen LogP contribution < -0.4 is 15.2 Å². The van der Waals surface area contributed by atoms with Gasteiger partial charge in [0, 0.05) is 25.4 Å². The number of carbonyl (C=O) groups is 1. The highest BCUT2D eigenvalue weighted by atomic mass is 32.2. The third kappa shape index (κ3) is 3.91. The van der Waals surface area contributed by atoms with E-state index in [4.69, 9.17) is 10.5 Å². The zero-order valence-corrected chi connectivity index (χ0v) is 15.5.